The van der Waals surface area contributed by atoms with Crippen LogP contribution >= 0.6 is 0 Å². The van der Waals surface area contributed by atoms with Crippen molar-refractivity contribution in [1.82, 2.24) is 24.6 Å². The lowest BCUT2D eigenvalue weighted by Crippen LogP contribution is -2.31. The van der Waals surface area contributed by atoms with Gasteiger partial charge in [-0.25, -0.2) is 9.97 Å². The van der Waals surface area contributed by atoms with Gasteiger partial charge in [0.2, 0.25) is 5.95 Å². The number of benzene rings is 1. The summed E-state index contributed by atoms with van der Waals surface area (Å²) in [5.41, 5.74) is 7.13. The summed E-state index contributed by atoms with van der Waals surface area (Å²) < 4.78 is 40.3. The summed E-state index contributed by atoms with van der Waals surface area (Å²) in [6.45, 7) is 0.536. The van der Waals surface area contributed by atoms with Crippen LogP contribution in [0.3, 0.4) is 0 Å². The van der Waals surface area contributed by atoms with Crippen LogP contribution < -0.4 is 5.73 Å². The van der Waals surface area contributed by atoms with Crippen molar-refractivity contribution >= 4 is 11.9 Å². The number of nitrogens with zero attached hydrogens (tertiary/aromatic N) is 5. The normalized spacial score (nSPS) is 16.8. The van der Waals surface area contributed by atoms with Crippen molar-refractivity contribution in [2.75, 3.05) is 12.3 Å². The van der Waals surface area contributed by atoms with E-state index < -0.39 is 11.7 Å². The molecule has 1 unspecified atom stereocenters. The second-order valence-corrected chi connectivity index (χ2v) is 7.16. The van der Waals surface area contributed by atoms with Crippen molar-refractivity contribution in [2.45, 2.75) is 25.1 Å². The molecule has 2 aromatic heterocycles. The molecule has 3 heterocycles. The molecule has 1 aromatic carbocycles. The summed E-state index contributed by atoms with van der Waals surface area (Å²) in [5.74, 6) is -0.137. The van der Waals surface area contributed by atoms with Crippen LogP contribution in [0.4, 0.5) is 19.1 Å². The van der Waals surface area contributed by atoms with Crippen molar-refractivity contribution < 1.29 is 18.0 Å². The van der Waals surface area contributed by atoms with Gasteiger partial charge in [-0.2, -0.15) is 18.3 Å². The molecule has 1 fully saturated rings. The largest absolute Gasteiger partial charge is 0.416 e. The summed E-state index contributed by atoms with van der Waals surface area (Å²) in [6.07, 6.45) is 1.65. The molecule has 1 atom stereocenters. The fraction of sp³-hybridized carbons (Fsp3) is 0.300. The number of likely N-dealkylation sites (tertiary alicyclic amines) is 1. The van der Waals surface area contributed by atoms with Crippen molar-refractivity contribution in [3.05, 3.63) is 59.7 Å². The molecule has 30 heavy (non-hydrogen) atoms. The van der Waals surface area contributed by atoms with Gasteiger partial charge in [0.05, 0.1) is 29.1 Å². The molecule has 0 spiro atoms. The maximum atomic E-state index is 13.0. The molecule has 0 saturated carbocycles. The molecular formula is C20H19F3N6O. The van der Waals surface area contributed by atoms with E-state index in [1.165, 1.54) is 24.5 Å². The van der Waals surface area contributed by atoms with Gasteiger partial charge in [0, 0.05) is 31.5 Å². The van der Waals surface area contributed by atoms with Crippen molar-refractivity contribution in [3.8, 4) is 11.1 Å². The number of carbonyl (C=O) groups is 1. The number of carbonyl (C=O) groups excluding carboxylic acids is 1. The molecule has 0 bridgehead atoms. The van der Waals surface area contributed by atoms with Crippen molar-refractivity contribution in [1.29, 1.82) is 0 Å². The van der Waals surface area contributed by atoms with Crippen LogP contribution in [0.5, 0.6) is 0 Å². The van der Waals surface area contributed by atoms with E-state index in [1.807, 2.05) is 0 Å². The second kappa shape index (κ2) is 7.43. The highest BCUT2D eigenvalue weighted by molar-refractivity contribution is 5.94. The number of rotatable bonds is 3. The zero-order valence-corrected chi connectivity index (χ0v) is 16.1. The average molecular weight is 416 g/mol. The van der Waals surface area contributed by atoms with E-state index in [0.717, 1.165) is 18.6 Å². The predicted octanol–water partition coefficient (Wildman–Crippen LogP) is 3.46. The maximum Gasteiger partial charge on any atom is 0.416 e. The molecule has 10 heteroatoms. The molecule has 4 rings (SSSR count). The first kappa shape index (κ1) is 19.9. The van der Waals surface area contributed by atoms with Crippen molar-refractivity contribution in [3.63, 3.8) is 0 Å². The van der Waals surface area contributed by atoms with Crippen LogP contribution in [0.2, 0.25) is 0 Å². The molecule has 1 aliphatic heterocycles. The van der Waals surface area contributed by atoms with E-state index in [9.17, 15) is 18.0 Å². The van der Waals surface area contributed by atoms with Gasteiger partial charge in [0.25, 0.3) is 5.91 Å². The number of hydrogen-bond donors (Lipinski definition) is 1. The molecule has 156 valence electrons. The third-order valence-electron chi connectivity index (χ3n) is 5.14. The summed E-state index contributed by atoms with van der Waals surface area (Å²) in [6, 6.07) is 4.43. The number of hydrogen-bond acceptors (Lipinski definition) is 5. The molecule has 3 aromatic rings. The van der Waals surface area contributed by atoms with E-state index >= 15 is 0 Å². The predicted molar refractivity (Wildman–Crippen MR) is 103 cm³/mol. The minimum absolute atomic E-state index is 0.0429. The monoisotopic (exact) mass is 416 g/mol. The number of amides is 1. The number of nitrogens with two attached hydrogens (primary N) is 1. The smallest absolute Gasteiger partial charge is 0.368 e. The van der Waals surface area contributed by atoms with Crippen molar-refractivity contribution in [2.24, 2.45) is 7.05 Å². The number of aromatic nitrogens is 4. The third-order valence-corrected chi connectivity index (χ3v) is 5.14. The highest BCUT2D eigenvalue weighted by Gasteiger charge is 2.34. The number of aryl methyl sites for hydroxylation is 1. The zero-order chi connectivity index (χ0) is 21.5. The quantitative estimate of drug-likeness (QED) is 0.706. The molecule has 0 aliphatic carbocycles. The lowest BCUT2D eigenvalue weighted by molar-refractivity contribution is -0.137. The van der Waals surface area contributed by atoms with E-state index in [1.54, 1.807) is 22.8 Å². The molecule has 7 nitrogen and oxygen atoms in total. The maximum absolute atomic E-state index is 13.0. The fourth-order valence-corrected chi connectivity index (χ4v) is 3.72. The van der Waals surface area contributed by atoms with E-state index in [4.69, 9.17) is 5.73 Å². The van der Waals surface area contributed by atoms with Crippen LogP contribution in [0, 0.1) is 0 Å². The standard InChI is InChI=1S/C20H19F3N6O/c1-28-11-13(9-26-28)18(30)29-8-2-3-16(29)17-15(10-25-19(24)27-17)12-4-6-14(7-5-12)20(21,22)23/h4-7,9-11,16H,2-3,8H2,1H3,(H2,24,25,27). The summed E-state index contributed by atoms with van der Waals surface area (Å²) in [5, 5.41) is 4.05. The highest BCUT2D eigenvalue weighted by Crippen LogP contribution is 2.38. The molecule has 1 saturated heterocycles. The Morgan fingerprint density at radius 2 is 1.93 bits per heavy atom. The minimum Gasteiger partial charge on any atom is -0.368 e. The zero-order valence-electron chi connectivity index (χ0n) is 16.1. The molecular weight excluding hydrogens is 397 g/mol. The fourth-order valence-electron chi connectivity index (χ4n) is 3.72. The van der Waals surface area contributed by atoms with Gasteiger partial charge < -0.3 is 10.6 Å². The Hall–Kier alpha value is -3.43. The van der Waals surface area contributed by atoms with E-state index in [-0.39, 0.29) is 17.9 Å². The lowest BCUT2D eigenvalue weighted by atomic mass is 9.98. The van der Waals surface area contributed by atoms with E-state index in [0.29, 0.717) is 35.3 Å². The molecule has 1 aliphatic rings. The average Bonchev–Trinajstić information content (AvgIpc) is 3.36. The van der Waals surface area contributed by atoms with Gasteiger partial charge in [0.15, 0.2) is 0 Å². The second-order valence-electron chi connectivity index (χ2n) is 7.16. The van der Waals surface area contributed by atoms with Crippen LogP contribution in [0.1, 0.15) is 40.5 Å². The first-order chi connectivity index (χ1) is 14.2. The first-order valence-electron chi connectivity index (χ1n) is 9.33. The topological polar surface area (TPSA) is 89.9 Å². The SMILES string of the molecule is Cn1cc(C(=O)N2CCCC2c2nc(N)ncc2-c2ccc(C(F)(F)F)cc2)cn1. The Morgan fingerprint density at radius 1 is 1.20 bits per heavy atom. The van der Waals surface area contributed by atoms with Gasteiger partial charge in [-0.3, -0.25) is 9.48 Å². The Balaban J connectivity index is 1.72. The molecule has 2 N–H and O–H groups in total. The first-order valence-corrected chi connectivity index (χ1v) is 9.33. The Morgan fingerprint density at radius 3 is 2.57 bits per heavy atom. The number of nitrogen functional groups attached to an aromatic ring is 1. The van der Waals surface area contributed by atoms with E-state index in [2.05, 4.69) is 15.1 Å². The number of anilines is 1. The van der Waals surface area contributed by atoms with Crippen LogP contribution in [0.15, 0.2) is 42.9 Å². The third kappa shape index (κ3) is 3.72. The highest BCUT2D eigenvalue weighted by atomic mass is 19.4. The Labute approximate surface area is 170 Å². The number of alkyl halides is 3. The minimum atomic E-state index is -4.42. The Bertz CT molecular complexity index is 1080. The lowest BCUT2D eigenvalue weighted by Gasteiger charge is -2.25. The summed E-state index contributed by atoms with van der Waals surface area (Å²) in [7, 11) is 1.73. The Kier molecular flexibility index (Phi) is 4.92. The van der Waals surface area contributed by atoms with Crippen LogP contribution in [-0.4, -0.2) is 37.1 Å². The van der Waals surface area contributed by atoms with Crippen LogP contribution in [0.25, 0.3) is 11.1 Å². The van der Waals surface area contributed by atoms with Crippen LogP contribution in [-0.2, 0) is 13.2 Å². The molecule has 1 amide bonds. The van der Waals surface area contributed by atoms with Gasteiger partial charge in [-0.1, -0.05) is 12.1 Å². The van der Waals surface area contributed by atoms with Gasteiger partial charge >= 0.3 is 6.18 Å². The van der Waals surface area contributed by atoms with Gasteiger partial charge in [-0.15, -0.1) is 0 Å². The van der Waals surface area contributed by atoms with Gasteiger partial charge in [-0.05, 0) is 30.5 Å². The summed E-state index contributed by atoms with van der Waals surface area (Å²) >= 11 is 0. The number of halogens is 3. The van der Waals surface area contributed by atoms with Gasteiger partial charge in [0.1, 0.15) is 0 Å². The summed E-state index contributed by atoms with van der Waals surface area (Å²) in [4.78, 5) is 23.1. The molecule has 0 radical (unpaired) electrons.